The van der Waals surface area contributed by atoms with E-state index in [1.54, 1.807) is 0 Å². The maximum absolute atomic E-state index is 2.33. The van der Waals surface area contributed by atoms with Crippen LogP contribution in [-0.4, -0.2) is 0 Å². The molecule has 0 spiro atoms. The molecule has 0 atom stereocenters. The molecule has 0 aliphatic rings. The van der Waals surface area contributed by atoms with E-state index in [9.17, 15) is 0 Å². The Bertz CT molecular complexity index is 1950. The second-order valence-electron chi connectivity index (χ2n) is 9.88. The average molecular weight is 471 g/mol. The van der Waals surface area contributed by atoms with Gasteiger partial charge in [-0.15, -0.1) is 0 Å². The lowest BCUT2D eigenvalue weighted by Crippen LogP contribution is -1.80. The fourth-order valence-electron chi connectivity index (χ4n) is 5.63. The zero-order chi connectivity index (χ0) is 24.8. The molecule has 7 aromatic carbocycles. The highest BCUT2D eigenvalue weighted by Crippen LogP contribution is 2.28. The molecule has 0 radical (unpaired) electrons. The molecule has 0 fully saturated rings. The van der Waals surface area contributed by atoms with Crippen molar-refractivity contribution >= 4 is 64.6 Å². The van der Waals surface area contributed by atoms with Gasteiger partial charge in [0, 0.05) is 0 Å². The largest absolute Gasteiger partial charge is 0.0610 e. The first-order chi connectivity index (χ1) is 18.2. The summed E-state index contributed by atoms with van der Waals surface area (Å²) in [5.74, 6) is 0. The number of aryl methyl sites for hydroxylation is 1. The van der Waals surface area contributed by atoms with Crippen LogP contribution in [0.4, 0.5) is 0 Å². The van der Waals surface area contributed by atoms with Crippen molar-refractivity contribution in [3.8, 4) is 0 Å². The first kappa shape index (κ1) is 21.6. The first-order valence-electron chi connectivity index (χ1n) is 12.9. The molecule has 37 heavy (non-hydrogen) atoms. The Hall–Kier alpha value is -4.68. The van der Waals surface area contributed by atoms with E-state index in [2.05, 4.69) is 146 Å². The molecule has 0 heterocycles. The summed E-state index contributed by atoms with van der Waals surface area (Å²) >= 11 is 0. The molecule has 0 amide bonds. The monoisotopic (exact) mass is 470 g/mol. The maximum atomic E-state index is 2.33. The number of hydrogen-bond donors (Lipinski definition) is 0. The Morgan fingerprint density at radius 2 is 0.486 bits per heavy atom. The number of fused-ring (bicyclic) bond motifs is 18. The minimum absolute atomic E-state index is 1.23. The lowest BCUT2D eigenvalue weighted by atomic mass is 9.99. The predicted octanol–water partition coefficient (Wildman–Crippen LogP) is 10.6. The van der Waals surface area contributed by atoms with Gasteiger partial charge in [0.1, 0.15) is 0 Å². The number of hydrogen-bond acceptors (Lipinski definition) is 0. The van der Waals surface area contributed by atoms with Crippen molar-refractivity contribution in [1.82, 2.24) is 0 Å². The van der Waals surface area contributed by atoms with Gasteiger partial charge < -0.3 is 0 Å². The number of rotatable bonds is 0. The normalized spacial score (nSPS) is 11.4. The Morgan fingerprint density at radius 1 is 0.270 bits per heavy atom. The van der Waals surface area contributed by atoms with Crippen LogP contribution >= 0.6 is 0 Å². The molecule has 0 saturated carbocycles. The summed E-state index contributed by atoms with van der Waals surface area (Å²) in [7, 11) is 0. The predicted molar refractivity (Wildman–Crippen MR) is 163 cm³/mol. The third-order valence-corrected chi connectivity index (χ3v) is 7.60. The maximum Gasteiger partial charge on any atom is -0.0148 e. The van der Waals surface area contributed by atoms with Gasteiger partial charge in [-0.05, 0) is 107 Å². The van der Waals surface area contributed by atoms with Crippen molar-refractivity contribution < 1.29 is 0 Å². The van der Waals surface area contributed by atoms with Crippen LogP contribution in [0.5, 0.6) is 0 Å². The van der Waals surface area contributed by atoms with E-state index in [0.717, 1.165) is 0 Å². The zero-order valence-corrected chi connectivity index (χ0v) is 20.8. The summed E-state index contributed by atoms with van der Waals surface area (Å²) in [6.45, 7) is 2.25. The topological polar surface area (TPSA) is 0 Å². The van der Waals surface area contributed by atoms with E-state index < -0.39 is 0 Å². The van der Waals surface area contributed by atoms with Crippen LogP contribution in [0, 0.1) is 6.92 Å². The van der Waals surface area contributed by atoms with Crippen molar-refractivity contribution in [2.75, 3.05) is 0 Å². The van der Waals surface area contributed by atoms with Gasteiger partial charge in [0.25, 0.3) is 0 Å². The summed E-state index contributed by atoms with van der Waals surface area (Å²) in [6.07, 6.45) is 0. The molecular formula is C37H26. The fraction of sp³-hybridized carbons (Fsp3) is 0.0270. The Morgan fingerprint density at radius 3 is 0.784 bits per heavy atom. The highest BCUT2D eigenvalue weighted by atomic mass is 14.1. The molecule has 0 unspecified atom stereocenters. The third kappa shape index (κ3) is 3.88. The molecule has 0 aliphatic heterocycles. The summed E-state index contributed by atoms with van der Waals surface area (Å²) < 4.78 is 0. The molecule has 7 rings (SSSR count). The molecule has 0 aliphatic carbocycles. The van der Waals surface area contributed by atoms with Crippen molar-refractivity contribution in [3.63, 3.8) is 0 Å². The summed E-state index contributed by atoms with van der Waals surface area (Å²) in [5, 5.41) is 14.9. The van der Waals surface area contributed by atoms with E-state index in [1.807, 2.05) is 0 Å². The zero-order valence-electron chi connectivity index (χ0n) is 20.8. The molecular weight excluding hydrogens is 444 g/mol. The van der Waals surface area contributed by atoms with E-state index in [1.165, 1.54) is 70.2 Å². The van der Waals surface area contributed by atoms with Crippen molar-refractivity contribution in [1.29, 1.82) is 0 Å². The van der Waals surface area contributed by atoms with Crippen LogP contribution in [0.2, 0.25) is 0 Å². The lowest BCUT2D eigenvalue weighted by Gasteiger charge is -2.05. The van der Waals surface area contributed by atoms with Crippen LogP contribution in [0.25, 0.3) is 64.6 Å². The Kier molecular flexibility index (Phi) is 5.11. The van der Waals surface area contributed by atoms with E-state index in [4.69, 9.17) is 0 Å². The quantitative estimate of drug-likeness (QED) is 0.207. The van der Waals surface area contributed by atoms with Crippen LogP contribution in [0.3, 0.4) is 0 Å². The molecule has 7 aromatic rings. The summed E-state index contributed by atoms with van der Waals surface area (Å²) in [4.78, 5) is 0. The van der Waals surface area contributed by atoms with Gasteiger partial charge in [0.05, 0.1) is 0 Å². The van der Waals surface area contributed by atoms with Gasteiger partial charge in [0.2, 0.25) is 0 Å². The van der Waals surface area contributed by atoms with Crippen molar-refractivity contribution in [2.24, 2.45) is 0 Å². The second-order valence-corrected chi connectivity index (χ2v) is 9.88. The van der Waals surface area contributed by atoms with Gasteiger partial charge in [-0.25, -0.2) is 0 Å². The van der Waals surface area contributed by atoms with Gasteiger partial charge >= 0.3 is 0 Å². The van der Waals surface area contributed by atoms with Gasteiger partial charge in [-0.3, -0.25) is 0 Å². The first-order valence-corrected chi connectivity index (χ1v) is 12.9. The molecule has 0 aromatic heterocycles. The van der Waals surface area contributed by atoms with Crippen molar-refractivity contribution in [2.45, 2.75) is 6.92 Å². The molecule has 0 N–H and O–H groups in total. The van der Waals surface area contributed by atoms with E-state index >= 15 is 0 Å². The van der Waals surface area contributed by atoms with Crippen LogP contribution in [0.15, 0.2) is 140 Å². The third-order valence-electron chi connectivity index (χ3n) is 7.60. The average Bonchev–Trinajstić information content (AvgIpc) is 2.97. The van der Waals surface area contributed by atoms with Gasteiger partial charge in [0.15, 0.2) is 0 Å². The molecule has 0 saturated heterocycles. The minimum atomic E-state index is 1.23. The van der Waals surface area contributed by atoms with E-state index in [-0.39, 0.29) is 0 Å². The van der Waals surface area contributed by atoms with Crippen LogP contribution in [-0.2, 0) is 0 Å². The highest BCUT2D eigenvalue weighted by molar-refractivity contribution is 6.02. The lowest BCUT2D eigenvalue weighted by molar-refractivity contribution is 1.59. The standard InChI is InChI=1S/C37H26/c1-25-36-18-7-19-37(25)35-17-6-15-33(24-35)31-13-4-11-29(22-31)27-9-2-8-26(20-27)28-10-3-12-30(21-28)32-14-5-16-34(36)23-32/h2-24H,1H3. The molecule has 0 nitrogen and oxygen atoms in total. The second kappa shape index (κ2) is 8.76. The summed E-state index contributed by atoms with van der Waals surface area (Å²) in [5.41, 5.74) is 1.30. The van der Waals surface area contributed by atoms with Crippen molar-refractivity contribution in [3.05, 3.63) is 145 Å². The minimum Gasteiger partial charge on any atom is -0.0610 e. The van der Waals surface area contributed by atoms with E-state index in [0.29, 0.717) is 0 Å². The van der Waals surface area contributed by atoms with Gasteiger partial charge in [-0.2, -0.15) is 0 Å². The highest BCUT2D eigenvalue weighted by Gasteiger charge is 2.02. The molecule has 0 heteroatoms. The smallest absolute Gasteiger partial charge is 0.0148 e. The van der Waals surface area contributed by atoms with Gasteiger partial charge in [-0.1, -0.05) is 109 Å². The number of benzene rings is 6. The fourth-order valence-corrected chi connectivity index (χ4v) is 5.63. The molecule has 12 bridgehead atoms. The Balaban J connectivity index is 1.74. The molecule has 174 valence electrons. The summed E-state index contributed by atoms with van der Waals surface area (Å²) in [6, 6.07) is 51.2. The van der Waals surface area contributed by atoms with Crippen LogP contribution in [0.1, 0.15) is 5.56 Å². The Labute approximate surface area is 216 Å². The van der Waals surface area contributed by atoms with Crippen LogP contribution < -0.4 is 0 Å². The SMILES string of the molecule is Cc1c2cccc1c1cccc(c1)c1cccc(c1)c1cccc(c1)c1cccc(c1)c1cccc2c1.